The van der Waals surface area contributed by atoms with E-state index in [4.69, 9.17) is 0 Å². The molecular formula is C50H32N2O4. The van der Waals surface area contributed by atoms with Crippen molar-refractivity contribution in [3.05, 3.63) is 208 Å². The molecule has 6 aromatic rings. The van der Waals surface area contributed by atoms with Gasteiger partial charge in [0.25, 0.3) is 0 Å². The molecule has 6 heteroatoms. The molecule has 0 saturated carbocycles. The molecule has 2 heterocycles. The van der Waals surface area contributed by atoms with Crippen LogP contribution in [0.4, 0.5) is 0 Å². The highest BCUT2D eigenvalue weighted by atomic mass is 16.3. The van der Waals surface area contributed by atoms with Gasteiger partial charge < -0.3 is 20.8 Å². The van der Waals surface area contributed by atoms with E-state index in [1.54, 1.807) is 12.1 Å². The summed E-state index contributed by atoms with van der Waals surface area (Å²) in [6.07, 6.45) is 16.6. The van der Waals surface area contributed by atoms with Gasteiger partial charge in [-0.1, -0.05) is 121 Å². The topological polar surface area (TPSA) is 98.7 Å². The SMILES string of the molecule is O=C1C=Cc2ccccc2/C1=C1/C(=O)C(C2=CC=C/C(=C3\C=CC=C(c4cc5ccccc5c(-c5c(O)ccc6ccccc56)c4O)N3)N2)=Cc2ccccc21. The number of rotatable bonds is 3. The summed E-state index contributed by atoms with van der Waals surface area (Å²) in [4.78, 5) is 28.2. The van der Waals surface area contributed by atoms with E-state index in [-0.39, 0.29) is 23.1 Å². The van der Waals surface area contributed by atoms with Gasteiger partial charge in [-0.3, -0.25) is 9.59 Å². The van der Waals surface area contributed by atoms with Crippen molar-refractivity contribution in [1.82, 2.24) is 10.6 Å². The van der Waals surface area contributed by atoms with Crippen LogP contribution in [0.5, 0.6) is 11.5 Å². The fourth-order valence-electron chi connectivity index (χ4n) is 8.17. The molecule has 56 heavy (non-hydrogen) atoms. The third-order valence-electron chi connectivity index (χ3n) is 10.8. The zero-order chi connectivity index (χ0) is 37.9. The third kappa shape index (κ3) is 5.27. The molecule has 0 aromatic heterocycles. The Balaban J connectivity index is 1.04. The van der Waals surface area contributed by atoms with Gasteiger partial charge in [0.15, 0.2) is 11.6 Å². The van der Waals surface area contributed by atoms with Gasteiger partial charge in [-0.05, 0) is 92.4 Å². The molecule has 0 fully saturated rings. The highest BCUT2D eigenvalue weighted by Gasteiger charge is 2.33. The predicted octanol–water partition coefficient (Wildman–Crippen LogP) is 10.00. The highest BCUT2D eigenvalue weighted by Crippen LogP contribution is 2.48. The average Bonchev–Trinajstić information content (AvgIpc) is 3.24. The van der Waals surface area contributed by atoms with Crippen LogP contribution in [0.3, 0.4) is 0 Å². The predicted molar refractivity (Wildman–Crippen MR) is 225 cm³/mol. The smallest absolute Gasteiger partial charge is 0.196 e. The van der Waals surface area contributed by atoms with E-state index >= 15 is 0 Å². The van der Waals surface area contributed by atoms with E-state index in [0.29, 0.717) is 50.5 Å². The molecule has 0 saturated heterocycles. The molecule has 0 atom stereocenters. The van der Waals surface area contributed by atoms with E-state index < -0.39 is 0 Å². The summed E-state index contributed by atoms with van der Waals surface area (Å²) in [5.74, 6) is -0.337. The molecule has 0 amide bonds. The summed E-state index contributed by atoms with van der Waals surface area (Å²) >= 11 is 0. The Morgan fingerprint density at radius 2 is 1.11 bits per heavy atom. The second-order valence-electron chi connectivity index (χ2n) is 14.0. The lowest BCUT2D eigenvalue weighted by molar-refractivity contribution is -0.111. The molecule has 6 nitrogen and oxygen atoms in total. The normalized spacial score (nSPS) is 18.5. The maximum Gasteiger partial charge on any atom is 0.196 e. The number of aromatic hydroxyl groups is 2. The summed E-state index contributed by atoms with van der Waals surface area (Å²) in [5, 5.41) is 34.0. The lowest BCUT2D eigenvalue weighted by atomic mass is 9.78. The van der Waals surface area contributed by atoms with E-state index in [1.165, 1.54) is 6.08 Å². The van der Waals surface area contributed by atoms with Gasteiger partial charge in [-0.15, -0.1) is 0 Å². The fourth-order valence-corrected chi connectivity index (χ4v) is 8.17. The molecule has 0 spiro atoms. The van der Waals surface area contributed by atoms with Gasteiger partial charge in [0.2, 0.25) is 0 Å². The number of benzene rings is 6. The van der Waals surface area contributed by atoms with Crippen molar-refractivity contribution >= 4 is 62.1 Å². The molecule has 6 aromatic carbocycles. The van der Waals surface area contributed by atoms with Crippen LogP contribution in [0.2, 0.25) is 0 Å². The van der Waals surface area contributed by atoms with Crippen molar-refractivity contribution in [2.75, 3.05) is 0 Å². The number of phenols is 2. The van der Waals surface area contributed by atoms with Crippen LogP contribution in [0.1, 0.15) is 27.8 Å². The van der Waals surface area contributed by atoms with Gasteiger partial charge in [-0.25, -0.2) is 0 Å². The second-order valence-corrected chi connectivity index (χ2v) is 14.0. The number of fused-ring (bicyclic) bond motifs is 4. The number of dihydropyridines is 2. The first-order valence-corrected chi connectivity index (χ1v) is 18.4. The Hall–Kier alpha value is -7.70. The van der Waals surface area contributed by atoms with Crippen LogP contribution >= 0.6 is 0 Å². The van der Waals surface area contributed by atoms with Crippen molar-refractivity contribution < 1.29 is 19.8 Å². The number of hydrogen-bond donors (Lipinski definition) is 4. The highest BCUT2D eigenvalue weighted by molar-refractivity contribution is 6.49. The lowest BCUT2D eigenvalue weighted by Crippen LogP contribution is -2.27. The number of carbonyl (C=O) groups excluding carboxylic acids is 2. The number of Topliss-reactive ketones (excluding diaryl/α,β-unsaturated/α-hetero) is 1. The standard InChI is InChI=1S/C50H32N2O4/c53-43-25-23-29-11-1-5-15-33(29)45(43)47-35-17-7-3-13-31(35)27-37(49(47)55)39-19-9-21-41(51-39)42-22-10-20-40(52-42)38-28-32-14-4-8-18-36(32)48(50(38)56)46-34-16-6-2-12-30(34)24-26-44(46)54/h1-28,51-53,55H/b42-41-,48-46-. The molecular weight excluding hydrogens is 693 g/mol. The number of ketones is 2. The minimum absolute atomic E-state index is 0.0346. The zero-order valence-electron chi connectivity index (χ0n) is 29.9. The Bertz CT molecular complexity index is 3020. The number of hydrogen-bond acceptors (Lipinski definition) is 6. The first-order chi connectivity index (χ1) is 27.4. The fraction of sp³-hybridized carbons (Fsp3) is 0. The van der Waals surface area contributed by atoms with E-state index in [2.05, 4.69) is 10.6 Å². The van der Waals surface area contributed by atoms with Crippen LogP contribution in [0.15, 0.2) is 180 Å². The van der Waals surface area contributed by atoms with E-state index in [0.717, 1.165) is 49.5 Å². The van der Waals surface area contributed by atoms with Gasteiger partial charge in [-0.2, -0.15) is 0 Å². The Morgan fingerprint density at radius 3 is 1.88 bits per heavy atom. The van der Waals surface area contributed by atoms with Crippen molar-refractivity contribution in [3.63, 3.8) is 0 Å². The molecule has 10 rings (SSSR count). The van der Waals surface area contributed by atoms with Crippen LogP contribution in [-0.4, -0.2) is 21.8 Å². The molecule has 0 bridgehead atoms. The number of carbonyl (C=O) groups is 2. The van der Waals surface area contributed by atoms with E-state index in [9.17, 15) is 19.8 Å². The second kappa shape index (κ2) is 13.0. The van der Waals surface area contributed by atoms with Gasteiger partial charge in [0.05, 0.1) is 11.4 Å². The Morgan fingerprint density at radius 1 is 0.500 bits per heavy atom. The third-order valence-corrected chi connectivity index (χ3v) is 10.8. The minimum Gasteiger partial charge on any atom is -0.507 e. The molecule has 0 unspecified atom stereocenters. The summed E-state index contributed by atoms with van der Waals surface area (Å²) in [6.45, 7) is 0. The summed E-state index contributed by atoms with van der Waals surface area (Å²) in [5.41, 5.74) is 8.75. The Labute approximate surface area is 322 Å². The average molecular weight is 725 g/mol. The van der Waals surface area contributed by atoms with Gasteiger partial charge in [0.1, 0.15) is 11.5 Å². The van der Waals surface area contributed by atoms with Crippen LogP contribution in [0, 0.1) is 0 Å². The summed E-state index contributed by atoms with van der Waals surface area (Å²) in [7, 11) is 0. The van der Waals surface area contributed by atoms with Gasteiger partial charge in [0, 0.05) is 44.8 Å². The quantitative estimate of drug-likeness (QED) is 0.136. The first kappa shape index (κ1) is 32.9. The molecule has 4 N–H and O–H groups in total. The van der Waals surface area contributed by atoms with Crippen LogP contribution in [0.25, 0.3) is 61.7 Å². The maximum absolute atomic E-state index is 14.7. The monoisotopic (exact) mass is 724 g/mol. The largest absolute Gasteiger partial charge is 0.507 e. The lowest BCUT2D eigenvalue weighted by Gasteiger charge is -2.27. The van der Waals surface area contributed by atoms with Crippen LogP contribution in [-0.2, 0) is 9.59 Å². The van der Waals surface area contributed by atoms with Crippen molar-refractivity contribution in [3.8, 4) is 22.6 Å². The van der Waals surface area contributed by atoms with Gasteiger partial charge >= 0.3 is 0 Å². The maximum atomic E-state index is 14.7. The summed E-state index contributed by atoms with van der Waals surface area (Å²) in [6, 6.07) is 36.5. The Kier molecular flexibility index (Phi) is 7.64. The zero-order valence-corrected chi connectivity index (χ0v) is 29.9. The van der Waals surface area contributed by atoms with Crippen molar-refractivity contribution in [2.24, 2.45) is 0 Å². The number of allylic oxidation sites excluding steroid dienone is 10. The van der Waals surface area contributed by atoms with Crippen molar-refractivity contribution in [1.29, 1.82) is 0 Å². The minimum atomic E-state index is -0.242. The molecule has 266 valence electrons. The molecule has 4 aliphatic rings. The summed E-state index contributed by atoms with van der Waals surface area (Å²) < 4.78 is 0. The molecule has 2 aliphatic carbocycles. The first-order valence-electron chi connectivity index (χ1n) is 18.4. The number of nitrogens with one attached hydrogen (secondary N) is 2. The van der Waals surface area contributed by atoms with E-state index in [1.807, 2.05) is 152 Å². The van der Waals surface area contributed by atoms with Crippen LogP contribution < -0.4 is 10.6 Å². The molecule has 0 radical (unpaired) electrons. The number of phenolic OH excluding ortho intramolecular Hbond substituents is 2. The van der Waals surface area contributed by atoms with Crippen molar-refractivity contribution in [2.45, 2.75) is 0 Å². The molecule has 2 aliphatic heterocycles.